The van der Waals surface area contributed by atoms with Crippen LogP contribution in [0.3, 0.4) is 0 Å². The van der Waals surface area contributed by atoms with Gasteiger partial charge in [-0.3, -0.25) is 0 Å². The molecule has 3 heteroatoms. The molecule has 0 aliphatic heterocycles. The smallest absolute Gasteiger partial charge is 0.172 e. The summed E-state index contributed by atoms with van der Waals surface area (Å²) in [5.74, 6) is -0.850. The van der Waals surface area contributed by atoms with Gasteiger partial charge >= 0.3 is 0 Å². The fourth-order valence-corrected chi connectivity index (χ4v) is 2.03. The predicted molar refractivity (Wildman–Crippen MR) is 56.1 cm³/mol. The van der Waals surface area contributed by atoms with Gasteiger partial charge < -0.3 is 5.11 Å². The lowest BCUT2D eigenvalue weighted by Crippen LogP contribution is -1.82. The first-order valence-corrected chi connectivity index (χ1v) is 5.09. The van der Waals surface area contributed by atoms with Crippen LogP contribution in [0.5, 0.6) is 5.75 Å². The lowest BCUT2D eigenvalue weighted by Gasteiger charge is -2.01. The Balaban J connectivity index is 2.57. The zero-order chi connectivity index (χ0) is 10.1. The van der Waals surface area contributed by atoms with Crippen molar-refractivity contribution in [2.75, 3.05) is 0 Å². The number of halogens is 1. The predicted octanol–water partition coefficient (Wildman–Crippen LogP) is 3.57. The van der Waals surface area contributed by atoms with Gasteiger partial charge in [-0.25, -0.2) is 4.39 Å². The zero-order valence-corrected chi connectivity index (χ0v) is 8.44. The molecule has 1 nitrogen and oxygen atoms in total. The Morgan fingerprint density at radius 1 is 1.36 bits per heavy atom. The van der Waals surface area contributed by atoms with Crippen LogP contribution < -0.4 is 0 Å². The number of benzene rings is 1. The van der Waals surface area contributed by atoms with Crippen LogP contribution in [0.2, 0.25) is 0 Å². The highest BCUT2D eigenvalue weighted by Gasteiger charge is 2.09. The second-order valence-corrected chi connectivity index (χ2v) is 4.20. The largest absolute Gasteiger partial charge is 0.505 e. The van der Waals surface area contributed by atoms with Gasteiger partial charge in [-0.1, -0.05) is 12.1 Å². The van der Waals surface area contributed by atoms with Gasteiger partial charge in [-0.15, -0.1) is 11.3 Å². The number of hydrogen-bond acceptors (Lipinski definition) is 2. The van der Waals surface area contributed by atoms with E-state index >= 15 is 0 Å². The Labute approximate surface area is 85.5 Å². The molecule has 72 valence electrons. The van der Waals surface area contributed by atoms with Crippen molar-refractivity contribution in [3.63, 3.8) is 0 Å². The van der Waals surface area contributed by atoms with Crippen molar-refractivity contribution in [1.29, 1.82) is 0 Å². The minimum atomic E-state index is -0.551. The lowest BCUT2D eigenvalue weighted by molar-refractivity contribution is 0.433. The van der Waals surface area contributed by atoms with Gasteiger partial charge in [-0.2, -0.15) is 0 Å². The second kappa shape index (κ2) is 3.42. The van der Waals surface area contributed by atoms with Crippen molar-refractivity contribution >= 4 is 11.3 Å². The summed E-state index contributed by atoms with van der Waals surface area (Å²) in [6.45, 7) is 1.97. The molecule has 2 aromatic rings. The normalized spacial score (nSPS) is 10.4. The first-order valence-electron chi connectivity index (χ1n) is 4.21. The van der Waals surface area contributed by atoms with Gasteiger partial charge in [0.1, 0.15) is 0 Å². The van der Waals surface area contributed by atoms with Crippen LogP contribution >= 0.6 is 11.3 Å². The second-order valence-electron chi connectivity index (χ2n) is 3.08. The summed E-state index contributed by atoms with van der Waals surface area (Å²) in [7, 11) is 0. The molecule has 1 heterocycles. The van der Waals surface area contributed by atoms with E-state index in [-0.39, 0.29) is 5.75 Å². The quantitative estimate of drug-likeness (QED) is 0.759. The Hall–Kier alpha value is -1.35. The molecule has 0 saturated carbocycles. The maximum absolute atomic E-state index is 13.5. The molecule has 0 saturated heterocycles. The van der Waals surface area contributed by atoms with Crippen LogP contribution in [0.25, 0.3) is 11.1 Å². The summed E-state index contributed by atoms with van der Waals surface area (Å²) in [5.41, 5.74) is 1.27. The molecule has 14 heavy (non-hydrogen) atoms. The van der Waals surface area contributed by atoms with Crippen molar-refractivity contribution in [1.82, 2.24) is 0 Å². The average Bonchev–Trinajstić information content (AvgIpc) is 2.57. The summed E-state index contributed by atoms with van der Waals surface area (Å²) in [5, 5.41) is 11.1. The maximum Gasteiger partial charge on any atom is 0.172 e. The Bertz CT molecular complexity index is 462. The topological polar surface area (TPSA) is 20.2 Å². The van der Waals surface area contributed by atoms with Crippen LogP contribution in [0.15, 0.2) is 29.6 Å². The highest BCUT2D eigenvalue weighted by Crippen LogP contribution is 2.30. The van der Waals surface area contributed by atoms with Crippen molar-refractivity contribution in [2.24, 2.45) is 0 Å². The fraction of sp³-hybridized carbons (Fsp3) is 0.0909. The number of rotatable bonds is 1. The molecule has 2 rings (SSSR count). The molecule has 0 unspecified atom stereocenters. The summed E-state index contributed by atoms with van der Waals surface area (Å²) in [6, 6.07) is 6.55. The molecule has 0 aliphatic carbocycles. The van der Waals surface area contributed by atoms with Crippen LogP contribution in [0.4, 0.5) is 4.39 Å². The van der Waals surface area contributed by atoms with E-state index in [0.717, 1.165) is 10.4 Å². The number of phenols is 1. The van der Waals surface area contributed by atoms with Crippen LogP contribution in [-0.2, 0) is 0 Å². The van der Waals surface area contributed by atoms with Gasteiger partial charge in [0.05, 0.1) is 0 Å². The van der Waals surface area contributed by atoms with E-state index in [1.807, 2.05) is 18.4 Å². The fourth-order valence-electron chi connectivity index (χ4n) is 1.33. The average molecular weight is 208 g/mol. The third-order valence-corrected chi connectivity index (χ3v) is 2.88. The molecule has 0 atom stereocenters. The van der Waals surface area contributed by atoms with Gasteiger partial charge in [0.2, 0.25) is 0 Å². The summed E-state index contributed by atoms with van der Waals surface area (Å²) in [6.07, 6.45) is 0. The number of aryl methyl sites for hydroxylation is 1. The third-order valence-electron chi connectivity index (χ3n) is 2.02. The van der Waals surface area contributed by atoms with E-state index < -0.39 is 5.82 Å². The SMILES string of the molecule is Cc1cc(-c2cccc(O)c2F)cs1. The highest BCUT2D eigenvalue weighted by atomic mass is 32.1. The highest BCUT2D eigenvalue weighted by molar-refractivity contribution is 7.10. The Morgan fingerprint density at radius 3 is 2.79 bits per heavy atom. The van der Waals surface area contributed by atoms with Gasteiger partial charge in [0.25, 0.3) is 0 Å². The maximum atomic E-state index is 13.5. The molecule has 1 aromatic carbocycles. The minimum absolute atomic E-state index is 0.300. The molecular formula is C11H9FOS. The lowest BCUT2D eigenvalue weighted by atomic mass is 10.1. The summed E-state index contributed by atoms with van der Waals surface area (Å²) >= 11 is 1.57. The standard InChI is InChI=1S/C11H9FOS/c1-7-5-8(6-14-7)9-3-2-4-10(13)11(9)12/h2-6,13H,1H3. The van der Waals surface area contributed by atoms with E-state index in [2.05, 4.69) is 0 Å². The molecule has 0 aliphatic rings. The van der Waals surface area contributed by atoms with E-state index in [0.29, 0.717) is 5.56 Å². The van der Waals surface area contributed by atoms with Gasteiger partial charge in [-0.05, 0) is 30.0 Å². The zero-order valence-electron chi connectivity index (χ0n) is 7.62. The van der Waals surface area contributed by atoms with Gasteiger partial charge in [0.15, 0.2) is 11.6 Å². The summed E-state index contributed by atoms with van der Waals surface area (Å²) < 4.78 is 13.5. The molecule has 0 fully saturated rings. The number of thiophene rings is 1. The van der Waals surface area contributed by atoms with Crippen molar-refractivity contribution in [3.8, 4) is 16.9 Å². The van der Waals surface area contributed by atoms with Crippen LogP contribution in [0.1, 0.15) is 4.88 Å². The monoisotopic (exact) mass is 208 g/mol. The first-order chi connectivity index (χ1) is 6.68. The number of phenolic OH excluding ortho intramolecular Hbond substituents is 1. The van der Waals surface area contributed by atoms with E-state index in [9.17, 15) is 9.50 Å². The summed E-state index contributed by atoms with van der Waals surface area (Å²) in [4.78, 5) is 1.13. The number of hydrogen-bond donors (Lipinski definition) is 1. The van der Waals surface area contributed by atoms with Crippen LogP contribution in [0, 0.1) is 12.7 Å². The Morgan fingerprint density at radius 2 is 2.14 bits per heavy atom. The molecule has 1 aromatic heterocycles. The molecule has 1 N–H and O–H groups in total. The van der Waals surface area contributed by atoms with E-state index in [1.165, 1.54) is 6.07 Å². The van der Waals surface area contributed by atoms with E-state index in [1.54, 1.807) is 23.5 Å². The molecule has 0 radical (unpaired) electrons. The minimum Gasteiger partial charge on any atom is -0.505 e. The van der Waals surface area contributed by atoms with Crippen molar-refractivity contribution in [2.45, 2.75) is 6.92 Å². The van der Waals surface area contributed by atoms with Crippen molar-refractivity contribution < 1.29 is 9.50 Å². The van der Waals surface area contributed by atoms with Gasteiger partial charge in [0, 0.05) is 10.4 Å². The number of aromatic hydroxyl groups is 1. The van der Waals surface area contributed by atoms with Crippen LogP contribution in [-0.4, -0.2) is 5.11 Å². The third kappa shape index (κ3) is 1.51. The molecular weight excluding hydrogens is 199 g/mol. The Kier molecular flexibility index (Phi) is 2.25. The van der Waals surface area contributed by atoms with E-state index in [4.69, 9.17) is 0 Å². The molecule has 0 bridgehead atoms. The molecule has 0 amide bonds. The molecule has 0 spiro atoms. The van der Waals surface area contributed by atoms with Crippen molar-refractivity contribution in [3.05, 3.63) is 40.3 Å². The first kappa shape index (κ1) is 9.21.